The van der Waals surface area contributed by atoms with E-state index >= 15 is 0 Å². The van der Waals surface area contributed by atoms with Crippen molar-refractivity contribution in [3.63, 3.8) is 0 Å². The maximum absolute atomic E-state index is 8.99. The van der Waals surface area contributed by atoms with E-state index in [0.29, 0.717) is 5.69 Å². The maximum Gasteiger partial charge on any atom is 0.171 e. The lowest BCUT2D eigenvalue weighted by Gasteiger charge is -1.95. The summed E-state index contributed by atoms with van der Waals surface area (Å²) in [5.41, 5.74) is 0.541. The Hall–Kier alpha value is -1.53. The molecular formula is C8H5ClN2O. The van der Waals surface area contributed by atoms with Crippen molar-refractivity contribution in [1.82, 2.24) is 4.98 Å². The lowest BCUT2D eigenvalue weighted by Crippen LogP contribution is -1.80. The highest BCUT2D eigenvalue weighted by Gasteiger charge is 1.97. The van der Waals surface area contributed by atoms with E-state index in [2.05, 4.69) is 4.98 Å². The van der Waals surface area contributed by atoms with Gasteiger partial charge in [0.05, 0.1) is 11.8 Å². The van der Waals surface area contributed by atoms with Crippen LogP contribution in [0.4, 0.5) is 0 Å². The van der Waals surface area contributed by atoms with Crippen LogP contribution in [0.2, 0.25) is 5.15 Å². The number of halogens is 1. The average molecular weight is 181 g/mol. The minimum Gasteiger partial charge on any atom is -0.505 e. The van der Waals surface area contributed by atoms with Crippen molar-refractivity contribution in [3.05, 3.63) is 29.1 Å². The van der Waals surface area contributed by atoms with E-state index in [0.717, 1.165) is 0 Å². The molecule has 0 aliphatic heterocycles. The molecule has 0 unspecified atom stereocenters. The summed E-state index contributed by atoms with van der Waals surface area (Å²) in [6.45, 7) is 0. The monoisotopic (exact) mass is 180 g/mol. The molecule has 0 amide bonds. The summed E-state index contributed by atoms with van der Waals surface area (Å²) >= 11 is 5.51. The van der Waals surface area contributed by atoms with Gasteiger partial charge >= 0.3 is 0 Å². The van der Waals surface area contributed by atoms with Gasteiger partial charge in [0.15, 0.2) is 10.9 Å². The van der Waals surface area contributed by atoms with Gasteiger partial charge in [-0.15, -0.1) is 0 Å². The SMILES string of the molecule is N#CC=Cc1ccc(O)c(Cl)n1. The summed E-state index contributed by atoms with van der Waals surface area (Å²) in [5.74, 6) is -0.0641. The third-order valence-corrected chi connectivity index (χ3v) is 1.46. The third kappa shape index (κ3) is 1.97. The molecular weight excluding hydrogens is 176 g/mol. The van der Waals surface area contributed by atoms with Crippen molar-refractivity contribution in [3.8, 4) is 11.8 Å². The van der Waals surface area contributed by atoms with Crippen molar-refractivity contribution in [2.45, 2.75) is 0 Å². The zero-order valence-corrected chi connectivity index (χ0v) is 6.78. The molecule has 60 valence electrons. The quantitative estimate of drug-likeness (QED) is 0.531. The Morgan fingerprint density at radius 1 is 1.58 bits per heavy atom. The molecule has 0 aromatic carbocycles. The Labute approximate surface area is 74.5 Å². The molecule has 0 radical (unpaired) electrons. The smallest absolute Gasteiger partial charge is 0.171 e. The van der Waals surface area contributed by atoms with Crippen molar-refractivity contribution in [1.29, 1.82) is 5.26 Å². The predicted molar refractivity (Wildman–Crippen MR) is 45.6 cm³/mol. The first-order valence-corrected chi connectivity index (χ1v) is 3.53. The predicted octanol–water partition coefficient (Wildman–Crippen LogP) is 1.98. The molecule has 0 aliphatic carbocycles. The summed E-state index contributed by atoms with van der Waals surface area (Å²) < 4.78 is 0. The minimum atomic E-state index is -0.0641. The van der Waals surface area contributed by atoms with Crippen molar-refractivity contribution >= 4 is 17.7 Å². The van der Waals surface area contributed by atoms with Crippen LogP contribution in [0.15, 0.2) is 18.2 Å². The summed E-state index contributed by atoms with van der Waals surface area (Å²) in [6.07, 6.45) is 2.79. The number of allylic oxidation sites excluding steroid dienone is 1. The van der Waals surface area contributed by atoms with Crippen LogP contribution >= 0.6 is 11.6 Å². The standard InChI is InChI=1S/C8H5ClN2O/c9-8-7(12)4-3-6(11-8)2-1-5-10/h1-4,12H. The summed E-state index contributed by atoms with van der Waals surface area (Å²) in [6, 6.07) is 4.81. The number of hydrogen-bond acceptors (Lipinski definition) is 3. The van der Waals surface area contributed by atoms with Gasteiger partial charge in [-0.05, 0) is 18.2 Å². The number of aromatic hydroxyl groups is 1. The van der Waals surface area contributed by atoms with Crippen LogP contribution in [-0.2, 0) is 0 Å². The number of aromatic nitrogens is 1. The lowest BCUT2D eigenvalue weighted by atomic mass is 10.3. The first-order valence-electron chi connectivity index (χ1n) is 3.15. The zero-order valence-electron chi connectivity index (χ0n) is 6.03. The number of nitriles is 1. The molecule has 0 fully saturated rings. The summed E-state index contributed by atoms with van der Waals surface area (Å²) in [7, 11) is 0. The van der Waals surface area contributed by atoms with Crippen molar-refractivity contribution in [2.24, 2.45) is 0 Å². The van der Waals surface area contributed by atoms with Crippen LogP contribution in [0.5, 0.6) is 5.75 Å². The van der Waals surface area contributed by atoms with Gasteiger partial charge in [0.2, 0.25) is 0 Å². The molecule has 0 spiro atoms. The Kier molecular flexibility index (Phi) is 2.67. The van der Waals surface area contributed by atoms with Gasteiger partial charge in [0, 0.05) is 6.08 Å². The number of pyridine rings is 1. The Bertz CT molecular complexity index is 355. The van der Waals surface area contributed by atoms with Gasteiger partial charge in [-0.1, -0.05) is 11.6 Å². The highest BCUT2D eigenvalue weighted by atomic mass is 35.5. The van der Waals surface area contributed by atoms with Crippen LogP contribution in [0.1, 0.15) is 5.69 Å². The van der Waals surface area contributed by atoms with E-state index in [1.54, 1.807) is 6.07 Å². The van der Waals surface area contributed by atoms with Crippen LogP contribution in [-0.4, -0.2) is 10.1 Å². The van der Waals surface area contributed by atoms with Gasteiger partial charge in [-0.3, -0.25) is 0 Å². The molecule has 1 aromatic heterocycles. The Balaban J connectivity index is 2.99. The topological polar surface area (TPSA) is 56.9 Å². The van der Waals surface area contributed by atoms with Crippen LogP contribution in [0.3, 0.4) is 0 Å². The third-order valence-electron chi connectivity index (χ3n) is 1.18. The fourth-order valence-electron chi connectivity index (χ4n) is 0.656. The Morgan fingerprint density at radius 3 is 2.92 bits per heavy atom. The molecule has 0 atom stereocenters. The van der Waals surface area contributed by atoms with Gasteiger partial charge in [-0.2, -0.15) is 5.26 Å². The second-order valence-electron chi connectivity index (χ2n) is 2.01. The molecule has 0 saturated heterocycles. The molecule has 1 N–H and O–H groups in total. The first-order chi connectivity index (χ1) is 5.74. The number of hydrogen-bond donors (Lipinski definition) is 1. The van der Waals surface area contributed by atoms with E-state index in [1.165, 1.54) is 18.2 Å². The van der Waals surface area contributed by atoms with Gasteiger partial charge in [-0.25, -0.2) is 4.98 Å². The molecule has 1 heterocycles. The van der Waals surface area contributed by atoms with E-state index < -0.39 is 0 Å². The molecule has 0 saturated carbocycles. The van der Waals surface area contributed by atoms with Gasteiger partial charge in [0.1, 0.15) is 0 Å². The molecule has 3 nitrogen and oxygen atoms in total. The highest BCUT2D eigenvalue weighted by Crippen LogP contribution is 2.20. The van der Waals surface area contributed by atoms with Gasteiger partial charge < -0.3 is 5.11 Å². The number of rotatable bonds is 1. The minimum absolute atomic E-state index is 0.0371. The molecule has 12 heavy (non-hydrogen) atoms. The highest BCUT2D eigenvalue weighted by molar-refractivity contribution is 6.30. The second-order valence-corrected chi connectivity index (χ2v) is 2.37. The fourth-order valence-corrected chi connectivity index (χ4v) is 0.817. The zero-order chi connectivity index (χ0) is 8.97. The summed E-state index contributed by atoms with van der Waals surface area (Å²) in [5, 5.41) is 17.2. The van der Waals surface area contributed by atoms with Crippen LogP contribution in [0.25, 0.3) is 6.08 Å². The second kappa shape index (κ2) is 3.74. The largest absolute Gasteiger partial charge is 0.505 e. The normalized spacial score (nSPS) is 10.0. The molecule has 0 bridgehead atoms. The molecule has 1 rings (SSSR count). The maximum atomic E-state index is 8.99. The van der Waals surface area contributed by atoms with E-state index in [1.807, 2.05) is 6.07 Å². The first kappa shape index (κ1) is 8.57. The Morgan fingerprint density at radius 2 is 2.33 bits per heavy atom. The average Bonchev–Trinajstić information content (AvgIpc) is 2.07. The van der Waals surface area contributed by atoms with Crippen LogP contribution < -0.4 is 0 Å². The van der Waals surface area contributed by atoms with E-state index in [9.17, 15) is 0 Å². The van der Waals surface area contributed by atoms with Crippen molar-refractivity contribution in [2.75, 3.05) is 0 Å². The van der Waals surface area contributed by atoms with E-state index in [-0.39, 0.29) is 10.9 Å². The number of nitrogens with zero attached hydrogens (tertiary/aromatic N) is 2. The van der Waals surface area contributed by atoms with Crippen LogP contribution in [0, 0.1) is 11.3 Å². The van der Waals surface area contributed by atoms with Gasteiger partial charge in [0.25, 0.3) is 0 Å². The van der Waals surface area contributed by atoms with Crippen molar-refractivity contribution < 1.29 is 5.11 Å². The summed E-state index contributed by atoms with van der Waals surface area (Å²) in [4.78, 5) is 3.79. The molecule has 4 heteroatoms. The molecule has 1 aromatic rings. The fraction of sp³-hybridized carbons (Fsp3) is 0. The lowest BCUT2D eigenvalue weighted by molar-refractivity contribution is 0.473. The van der Waals surface area contributed by atoms with E-state index in [4.69, 9.17) is 22.0 Å². The molecule has 0 aliphatic rings.